The van der Waals surface area contributed by atoms with Gasteiger partial charge in [-0.2, -0.15) is 0 Å². The Morgan fingerprint density at radius 1 is 1.33 bits per heavy atom. The summed E-state index contributed by atoms with van der Waals surface area (Å²) in [5, 5.41) is 11.7. The second kappa shape index (κ2) is 6.76. The number of rotatable bonds is 2. The number of carbonyl (C=O) groups is 2. The number of carboxylic acid groups (broad SMARTS) is 1. The Morgan fingerprint density at radius 2 is 2.10 bits per heavy atom. The third-order valence-corrected chi connectivity index (χ3v) is 3.78. The SMILES string of the molecule is O=C(O)C1CCCCCN1C(=O)Nc1ccc(Cl)c(F)c1. The highest BCUT2D eigenvalue weighted by atomic mass is 35.5. The van der Waals surface area contributed by atoms with E-state index >= 15 is 0 Å². The third kappa shape index (κ3) is 3.85. The van der Waals surface area contributed by atoms with E-state index in [4.69, 9.17) is 11.6 Å². The van der Waals surface area contributed by atoms with E-state index in [1.165, 1.54) is 17.0 Å². The van der Waals surface area contributed by atoms with Gasteiger partial charge in [0, 0.05) is 12.2 Å². The highest BCUT2D eigenvalue weighted by molar-refractivity contribution is 6.30. The van der Waals surface area contributed by atoms with Crippen molar-refractivity contribution in [1.82, 2.24) is 4.90 Å². The summed E-state index contributed by atoms with van der Waals surface area (Å²) in [5.41, 5.74) is 0.246. The first-order chi connectivity index (χ1) is 9.99. The largest absolute Gasteiger partial charge is 0.480 e. The molecule has 1 aromatic carbocycles. The lowest BCUT2D eigenvalue weighted by Gasteiger charge is -2.27. The molecule has 1 fully saturated rings. The molecule has 2 amide bonds. The van der Waals surface area contributed by atoms with Crippen LogP contribution in [0.2, 0.25) is 5.02 Å². The van der Waals surface area contributed by atoms with Crippen LogP contribution in [0.15, 0.2) is 18.2 Å². The number of carboxylic acids is 1. The van der Waals surface area contributed by atoms with Gasteiger partial charge >= 0.3 is 12.0 Å². The van der Waals surface area contributed by atoms with Crippen molar-refractivity contribution in [2.45, 2.75) is 31.7 Å². The number of nitrogens with zero attached hydrogens (tertiary/aromatic N) is 1. The number of aliphatic carboxylic acids is 1. The van der Waals surface area contributed by atoms with Crippen LogP contribution in [0.1, 0.15) is 25.7 Å². The molecule has 1 atom stereocenters. The molecule has 1 heterocycles. The van der Waals surface area contributed by atoms with Gasteiger partial charge in [-0.05, 0) is 31.0 Å². The van der Waals surface area contributed by atoms with Crippen molar-refractivity contribution in [3.63, 3.8) is 0 Å². The quantitative estimate of drug-likeness (QED) is 0.879. The highest BCUT2D eigenvalue weighted by Gasteiger charge is 2.30. The number of carbonyl (C=O) groups excluding carboxylic acids is 1. The molecule has 7 heteroatoms. The maximum atomic E-state index is 13.4. The van der Waals surface area contributed by atoms with Crippen LogP contribution < -0.4 is 5.32 Å². The van der Waals surface area contributed by atoms with Crippen molar-refractivity contribution >= 4 is 29.3 Å². The second-order valence-electron chi connectivity index (χ2n) is 4.96. The fourth-order valence-electron chi connectivity index (χ4n) is 2.38. The van der Waals surface area contributed by atoms with Gasteiger partial charge < -0.3 is 15.3 Å². The normalized spacial score (nSPS) is 19.0. The van der Waals surface area contributed by atoms with Crippen molar-refractivity contribution in [3.8, 4) is 0 Å². The van der Waals surface area contributed by atoms with Gasteiger partial charge in [-0.3, -0.25) is 0 Å². The number of urea groups is 1. The number of anilines is 1. The molecule has 0 aliphatic carbocycles. The van der Waals surface area contributed by atoms with Crippen LogP contribution in [0, 0.1) is 5.82 Å². The lowest BCUT2D eigenvalue weighted by Crippen LogP contribution is -2.46. The minimum absolute atomic E-state index is 0.0359. The van der Waals surface area contributed by atoms with Crippen molar-refractivity contribution in [2.75, 3.05) is 11.9 Å². The van der Waals surface area contributed by atoms with Crippen molar-refractivity contribution in [3.05, 3.63) is 29.0 Å². The van der Waals surface area contributed by atoms with Crippen molar-refractivity contribution < 1.29 is 19.1 Å². The molecule has 0 bridgehead atoms. The number of amides is 2. The molecule has 2 rings (SSSR count). The van der Waals surface area contributed by atoms with Gasteiger partial charge in [0.05, 0.1) is 5.02 Å². The number of hydrogen-bond donors (Lipinski definition) is 2. The van der Waals surface area contributed by atoms with E-state index in [-0.39, 0.29) is 10.7 Å². The predicted molar refractivity (Wildman–Crippen MR) is 77.0 cm³/mol. The molecule has 5 nitrogen and oxygen atoms in total. The summed E-state index contributed by atoms with van der Waals surface area (Å²) in [4.78, 5) is 24.8. The first kappa shape index (κ1) is 15.6. The molecule has 1 saturated heterocycles. The van der Waals surface area contributed by atoms with Crippen LogP contribution in [0.25, 0.3) is 0 Å². The monoisotopic (exact) mass is 314 g/mol. The molecule has 1 aromatic rings. The molecule has 1 aliphatic rings. The average molecular weight is 315 g/mol. The van der Waals surface area contributed by atoms with E-state index in [1.807, 2.05) is 0 Å². The summed E-state index contributed by atoms with van der Waals surface area (Å²) in [6.07, 6.45) is 2.85. The van der Waals surface area contributed by atoms with Crippen LogP contribution in [-0.2, 0) is 4.79 Å². The second-order valence-corrected chi connectivity index (χ2v) is 5.36. The van der Waals surface area contributed by atoms with E-state index in [9.17, 15) is 19.1 Å². The van der Waals surface area contributed by atoms with Crippen LogP contribution in [0.5, 0.6) is 0 Å². The summed E-state index contributed by atoms with van der Waals surface area (Å²) in [6, 6.07) is 2.53. The maximum absolute atomic E-state index is 13.4. The third-order valence-electron chi connectivity index (χ3n) is 3.47. The molecule has 1 aliphatic heterocycles. The first-order valence-corrected chi connectivity index (χ1v) is 7.12. The molecule has 0 radical (unpaired) electrons. The maximum Gasteiger partial charge on any atom is 0.326 e. The van der Waals surface area contributed by atoms with Gasteiger partial charge in [0.15, 0.2) is 0 Å². The molecule has 2 N–H and O–H groups in total. The van der Waals surface area contributed by atoms with E-state index < -0.39 is 23.9 Å². The minimum atomic E-state index is -1.02. The molecule has 21 heavy (non-hydrogen) atoms. The predicted octanol–water partition coefficient (Wildman–Crippen LogP) is 3.34. The molecule has 0 aromatic heterocycles. The average Bonchev–Trinajstić information content (AvgIpc) is 2.68. The lowest BCUT2D eigenvalue weighted by molar-refractivity contribution is -0.142. The molecule has 0 saturated carbocycles. The smallest absolute Gasteiger partial charge is 0.326 e. The van der Waals surface area contributed by atoms with Gasteiger partial charge in [0.1, 0.15) is 11.9 Å². The Hall–Kier alpha value is -1.82. The Labute approximate surface area is 126 Å². The van der Waals surface area contributed by atoms with Crippen LogP contribution in [-0.4, -0.2) is 34.6 Å². The van der Waals surface area contributed by atoms with Crippen LogP contribution in [0.3, 0.4) is 0 Å². The number of hydrogen-bond acceptors (Lipinski definition) is 2. The summed E-state index contributed by atoms with van der Waals surface area (Å²) >= 11 is 5.58. The van der Waals surface area contributed by atoms with Crippen LogP contribution in [0.4, 0.5) is 14.9 Å². The minimum Gasteiger partial charge on any atom is -0.480 e. The molecule has 114 valence electrons. The summed E-state index contributed by atoms with van der Waals surface area (Å²) < 4.78 is 13.4. The van der Waals surface area contributed by atoms with Gasteiger partial charge in [-0.1, -0.05) is 24.4 Å². The number of likely N-dealkylation sites (tertiary alicyclic amines) is 1. The fraction of sp³-hybridized carbons (Fsp3) is 0.429. The molecular weight excluding hydrogens is 299 g/mol. The van der Waals surface area contributed by atoms with Gasteiger partial charge in [0.2, 0.25) is 0 Å². The Kier molecular flexibility index (Phi) is 5.01. The van der Waals surface area contributed by atoms with Crippen molar-refractivity contribution in [2.24, 2.45) is 0 Å². The summed E-state index contributed by atoms with van der Waals surface area (Å²) in [5.74, 6) is -1.66. The van der Waals surface area contributed by atoms with Gasteiger partial charge in [-0.25, -0.2) is 14.0 Å². The zero-order valence-electron chi connectivity index (χ0n) is 11.3. The van der Waals surface area contributed by atoms with E-state index in [0.29, 0.717) is 13.0 Å². The zero-order valence-corrected chi connectivity index (χ0v) is 12.1. The molecule has 0 spiro atoms. The van der Waals surface area contributed by atoms with Crippen LogP contribution >= 0.6 is 11.6 Å². The standard InChI is InChI=1S/C14H16ClFN2O3/c15-10-6-5-9(8-11(10)16)17-14(21)18-7-3-1-2-4-12(18)13(19)20/h5-6,8,12H,1-4,7H2,(H,17,21)(H,19,20). The first-order valence-electron chi connectivity index (χ1n) is 6.74. The Bertz CT molecular complexity index is 553. The Morgan fingerprint density at radius 3 is 2.76 bits per heavy atom. The molecule has 1 unspecified atom stereocenters. The van der Waals surface area contributed by atoms with E-state index in [0.717, 1.165) is 25.3 Å². The highest BCUT2D eigenvalue weighted by Crippen LogP contribution is 2.21. The topological polar surface area (TPSA) is 69.6 Å². The lowest BCUT2D eigenvalue weighted by atomic mass is 10.1. The van der Waals surface area contributed by atoms with Gasteiger partial charge in [-0.15, -0.1) is 0 Å². The number of halogens is 2. The van der Waals surface area contributed by atoms with Crippen molar-refractivity contribution in [1.29, 1.82) is 0 Å². The summed E-state index contributed by atoms with van der Waals surface area (Å²) in [7, 11) is 0. The van der Waals surface area contributed by atoms with E-state index in [1.54, 1.807) is 0 Å². The number of benzene rings is 1. The Balaban J connectivity index is 2.12. The summed E-state index contributed by atoms with van der Waals surface area (Å²) in [6.45, 7) is 0.374. The fourth-order valence-corrected chi connectivity index (χ4v) is 2.49. The molecular formula is C14H16ClFN2O3. The van der Waals surface area contributed by atoms with E-state index in [2.05, 4.69) is 5.32 Å². The number of nitrogens with one attached hydrogen (secondary N) is 1. The zero-order chi connectivity index (χ0) is 15.4. The van der Waals surface area contributed by atoms with Gasteiger partial charge in [0.25, 0.3) is 0 Å².